The second-order valence-electron chi connectivity index (χ2n) is 7.55. The van der Waals surface area contributed by atoms with Crippen LogP contribution in [0.2, 0.25) is 0 Å². The molecule has 2 aromatic rings. The summed E-state index contributed by atoms with van der Waals surface area (Å²) < 4.78 is 39.4. The quantitative estimate of drug-likeness (QED) is 0.761. The number of hydrogen-bond donors (Lipinski definition) is 1. The van der Waals surface area contributed by atoms with E-state index >= 15 is 0 Å². The molecule has 1 atom stereocenters. The van der Waals surface area contributed by atoms with Gasteiger partial charge in [0.05, 0.1) is 4.90 Å². The lowest BCUT2D eigenvalue weighted by atomic mass is 10.1. The highest BCUT2D eigenvalue weighted by molar-refractivity contribution is 7.89. The van der Waals surface area contributed by atoms with Crippen molar-refractivity contribution < 1.29 is 22.7 Å². The Morgan fingerprint density at radius 3 is 2.57 bits per heavy atom. The number of ether oxygens (including phenoxy) is 2. The van der Waals surface area contributed by atoms with Gasteiger partial charge < -0.3 is 14.4 Å². The van der Waals surface area contributed by atoms with Gasteiger partial charge in [0.15, 0.2) is 11.5 Å². The normalized spacial score (nSPS) is 18.8. The Labute approximate surface area is 177 Å². The van der Waals surface area contributed by atoms with Crippen molar-refractivity contribution in [3.8, 4) is 11.5 Å². The molecule has 30 heavy (non-hydrogen) atoms. The number of benzene rings is 2. The van der Waals surface area contributed by atoms with Crippen LogP contribution >= 0.6 is 0 Å². The highest BCUT2D eigenvalue weighted by Crippen LogP contribution is 2.34. The molecule has 7 nitrogen and oxygen atoms in total. The first-order valence-corrected chi connectivity index (χ1v) is 11.8. The summed E-state index contributed by atoms with van der Waals surface area (Å²) in [5.41, 5.74) is 1.06. The van der Waals surface area contributed by atoms with Crippen molar-refractivity contribution in [1.29, 1.82) is 0 Å². The van der Waals surface area contributed by atoms with Crippen LogP contribution in [0.5, 0.6) is 11.5 Å². The number of hydrogen-bond acceptors (Lipinski definition) is 5. The van der Waals surface area contributed by atoms with Gasteiger partial charge in [-0.3, -0.25) is 4.79 Å². The maximum atomic E-state index is 12.6. The molecule has 1 amide bonds. The van der Waals surface area contributed by atoms with E-state index < -0.39 is 16.1 Å². The van der Waals surface area contributed by atoms with E-state index in [4.69, 9.17) is 9.47 Å². The molecule has 2 aromatic carbocycles. The number of nitrogens with one attached hydrogen (secondary N) is 1. The number of nitrogens with zero attached hydrogens (tertiary/aromatic N) is 1. The number of piperidine rings is 1. The van der Waals surface area contributed by atoms with Crippen molar-refractivity contribution in [2.45, 2.75) is 36.7 Å². The van der Waals surface area contributed by atoms with Crippen molar-refractivity contribution in [2.75, 3.05) is 26.2 Å². The third-order valence-corrected chi connectivity index (χ3v) is 6.84. The molecule has 0 bridgehead atoms. The van der Waals surface area contributed by atoms with Crippen molar-refractivity contribution in [3.05, 3.63) is 54.1 Å². The van der Waals surface area contributed by atoms with Gasteiger partial charge in [-0.1, -0.05) is 30.3 Å². The first kappa shape index (κ1) is 20.7. The zero-order valence-electron chi connectivity index (χ0n) is 16.7. The van der Waals surface area contributed by atoms with Crippen LogP contribution in [0.1, 0.15) is 24.8 Å². The summed E-state index contributed by atoms with van der Waals surface area (Å²) >= 11 is 0. The lowest BCUT2D eigenvalue weighted by molar-refractivity contribution is -0.142. The van der Waals surface area contributed by atoms with Crippen molar-refractivity contribution >= 4 is 15.9 Å². The highest BCUT2D eigenvalue weighted by Gasteiger charge is 2.32. The van der Waals surface area contributed by atoms with Gasteiger partial charge >= 0.3 is 0 Å². The molecule has 0 spiro atoms. The van der Waals surface area contributed by atoms with Crippen molar-refractivity contribution in [2.24, 2.45) is 0 Å². The van der Waals surface area contributed by atoms with E-state index in [-0.39, 0.29) is 17.4 Å². The minimum absolute atomic E-state index is 0.0698. The van der Waals surface area contributed by atoms with E-state index in [0.29, 0.717) is 24.5 Å². The molecular formula is C22H26N2O5S. The van der Waals surface area contributed by atoms with Crippen LogP contribution in [0.15, 0.2) is 53.4 Å². The molecule has 1 N–H and O–H groups in total. The van der Waals surface area contributed by atoms with E-state index in [1.54, 1.807) is 6.07 Å². The molecule has 160 valence electrons. The van der Waals surface area contributed by atoms with Gasteiger partial charge in [-0.15, -0.1) is 0 Å². The van der Waals surface area contributed by atoms with Gasteiger partial charge in [0.25, 0.3) is 5.91 Å². The van der Waals surface area contributed by atoms with E-state index in [1.165, 1.54) is 12.1 Å². The van der Waals surface area contributed by atoms with Crippen LogP contribution in [0.3, 0.4) is 0 Å². The summed E-state index contributed by atoms with van der Waals surface area (Å²) in [4.78, 5) is 14.6. The molecule has 2 heterocycles. The molecule has 2 aliphatic heterocycles. The predicted molar refractivity (Wildman–Crippen MR) is 112 cm³/mol. The lowest BCUT2D eigenvalue weighted by Gasteiger charge is -2.32. The van der Waals surface area contributed by atoms with Gasteiger partial charge in [0.1, 0.15) is 6.61 Å². The zero-order chi connectivity index (χ0) is 21.0. The average Bonchev–Trinajstić information content (AvgIpc) is 2.79. The molecule has 2 aliphatic rings. The van der Waals surface area contributed by atoms with E-state index in [1.807, 2.05) is 35.2 Å². The van der Waals surface area contributed by atoms with Gasteiger partial charge in [-0.05, 0) is 43.4 Å². The van der Waals surface area contributed by atoms with E-state index in [2.05, 4.69) is 4.72 Å². The van der Waals surface area contributed by atoms with Crippen LogP contribution in [0.25, 0.3) is 0 Å². The Hall–Kier alpha value is -2.58. The summed E-state index contributed by atoms with van der Waals surface area (Å²) in [6.45, 7) is 1.87. The zero-order valence-corrected chi connectivity index (χ0v) is 17.6. The first-order valence-electron chi connectivity index (χ1n) is 10.3. The Balaban J connectivity index is 1.38. The number of amides is 1. The van der Waals surface area contributed by atoms with Crippen LogP contribution < -0.4 is 14.2 Å². The van der Waals surface area contributed by atoms with Crippen LogP contribution in [0.4, 0.5) is 0 Å². The molecule has 4 rings (SSSR count). The number of fused-ring (bicyclic) bond motifs is 1. The molecule has 1 saturated heterocycles. The Morgan fingerprint density at radius 1 is 1.03 bits per heavy atom. The second-order valence-corrected chi connectivity index (χ2v) is 9.31. The second kappa shape index (κ2) is 9.06. The monoisotopic (exact) mass is 430 g/mol. The van der Waals surface area contributed by atoms with Gasteiger partial charge in [0, 0.05) is 25.7 Å². The molecule has 0 unspecified atom stereocenters. The first-order chi connectivity index (χ1) is 14.5. The fourth-order valence-electron chi connectivity index (χ4n) is 3.72. The molecule has 0 aliphatic carbocycles. The average molecular weight is 431 g/mol. The van der Waals surface area contributed by atoms with Crippen molar-refractivity contribution in [1.82, 2.24) is 9.62 Å². The third-order valence-electron chi connectivity index (χ3n) is 5.38. The topological polar surface area (TPSA) is 84.9 Å². The summed E-state index contributed by atoms with van der Waals surface area (Å²) in [5, 5.41) is 0. The van der Waals surface area contributed by atoms with Crippen LogP contribution in [-0.2, 0) is 21.2 Å². The summed E-state index contributed by atoms with van der Waals surface area (Å²) in [5.74, 6) is 0.656. The fourth-order valence-corrected chi connectivity index (χ4v) is 4.76. The molecule has 0 radical (unpaired) electrons. The summed E-state index contributed by atoms with van der Waals surface area (Å²) in [6.07, 6.45) is 3.07. The predicted octanol–water partition coefficient (Wildman–Crippen LogP) is 2.36. The largest absolute Gasteiger partial charge is 0.485 e. The lowest BCUT2D eigenvalue weighted by Crippen LogP contribution is -2.48. The van der Waals surface area contributed by atoms with E-state index in [9.17, 15) is 13.2 Å². The highest BCUT2D eigenvalue weighted by atomic mass is 32.2. The third kappa shape index (κ3) is 4.76. The maximum absolute atomic E-state index is 12.6. The van der Waals surface area contributed by atoms with Crippen LogP contribution in [0, 0.1) is 0 Å². The minimum atomic E-state index is -3.67. The number of rotatable bonds is 6. The molecular weight excluding hydrogens is 404 g/mol. The van der Waals surface area contributed by atoms with Gasteiger partial charge in [0.2, 0.25) is 16.1 Å². The van der Waals surface area contributed by atoms with Gasteiger partial charge in [-0.25, -0.2) is 13.1 Å². The summed E-state index contributed by atoms with van der Waals surface area (Å²) in [6, 6.07) is 14.2. The Bertz CT molecular complexity index is 988. The number of likely N-dealkylation sites (tertiary alicyclic amines) is 1. The van der Waals surface area contributed by atoms with Gasteiger partial charge in [-0.2, -0.15) is 0 Å². The Morgan fingerprint density at radius 2 is 1.80 bits per heavy atom. The minimum Gasteiger partial charge on any atom is -0.485 e. The fraction of sp³-hybridized carbons (Fsp3) is 0.409. The number of sulfonamides is 1. The smallest absolute Gasteiger partial charge is 0.267 e. The molecule has 1 fully saturated rings. The number of carbonyl (C=O) groups is 1. The maximum Gasteiger partial charge on any atom is 0.267 e. The SMILES string of the molecule is O=C([C@@H]1COc2cc(S(=O)(=O)NCCc3ccccc3)ccc2O1)N1CCCCC1. The summed E-state index contributed by atoms with van der Waals surface area (Å²) in [7, 11) is -3.67. The van der Waals surface area contributed by atoms with E-state index in [0.717, 1.165) is 37.9 Å². The Kier molecular flexibility index (Phi) is 6.24. The standard InChI is InChI=1S/C22H26N2O5S/c25-22(24-13-5-2-6-14-24)21-16-28-20-15-18(9-10-19(20)29-21)30(26,27)23-12-11-17-7-3-1-4-8-17/h1,3-4,7-10,15,21,23H,2,5-6,11-14,16H2/t21-/m0/s1. The van der Waals surface area contributed by atoms with Crippen LogP contribution in [-0.4, -0.2) is 51.6 Å². The molecule has 0 aromatic heterocycles. The number of carbonyl (C=O) groups excluding carboxylic acids is 1. The molecule has 0 saturated carbocycles. The van der Waals surface area contributed by atoms with Crippen molar-refractivity contribution in [3.63, 3.8) is 0 Å². The molecule has 8 heteroatoms.